The molecule has 37 heavy (non-hydrogen) atoms. The number of nitriles is 1. The lowest BCUT2D eigenvalue weighted by molar-refractivity contribution is -0.123. The first-order chi connectivity index (χ1) is 17.6. The quantitative estimate of drug-likeness (QED) is 0.297. The van der Waals surface area contributed by atoms with Gasteiger partial charge in [-0.3, -0.25) is 15.1 Å². The van der Waals surface area contributed by atoms with Crippen molar-refractivity contribution in [3.05, 3.63) is 71.8 Å². The number of rotatable bonds is 11. The van der Waals surface area contributed by atoms with Crippen LogP contribution >= 0.6 is 11.8 Å². The van der Waals surface area contributed by atoms with Gasteiger partial charge in [-0.2, -0.15) is 17.0 Å². The second-order valence-corrected chi connectivity index (χ2v) is 11.5. The smallest absolute Gasteiger partial charge is 0.412 e. The zero-order valence-corrected chi connectivity index (χ0v) is 23.2. The number of aliphatic imine (C=N–C) groups is 1. The number of carbonyl (C=O) groups excluding carboxylic acids is 2. The summed E-state index contributed by atoms with van der Waals surface area (Å²) in [6.45, 7) is 10.2. The molecule has 0 heterocycles. The van der Waals surface area contributed by atoms with Crippen molar-refractivity contribution >= 4 is 29.6 Å². The molecular weight excluding hydrogens is 484 g/mol. The summed E-state index contributed by atoms with van der Waals surface area (Å²) in [5.41, 5.74) is 1.59. The van der Waals surface area contributed by atoms with Crippen LogP contribution in [0.4, 0.5) is 4.79 Å². The minimum absolute atomic E-state index is 0.185. The largest absolute Gasteiger partial charge is 0.449 e. The molecule has 2 amide bonds. The van der Waals surface area contributed by atoms with Gasteiger partial charge < -0.3 is 10.1 Å². The second-order valence-electron chi connectivity index (χ2n) is 10.4. The van der Waals surface area contributed by atoms with E-state index in [1.54, 1.807) is 11.8 Å². The third kappa shape index (κ3) is 12.0. The highest BCUT2D eigenvalue weighted by Gasteiger charge is 2.27. The maximum absolute atomic E-state index is 13.4. The SMILES string of the molecule is CC(C)COC(=O)NC(=NC(CC(C)(C)C)C(=O)NC(C#N)CSCc1ccccc1)c1ccccc1. The Morgan fingerprint density at radius 1 is 1.05 bits per heavy atom. The molecule has 198 valence electrons. The molecule has 2 N–H and O–H groups in total. The Balaban J connectivity index is 2.20. The molecule has 0 bridgehead atoms. The van der Waals surface area contributed by atoms with Crippen molar-refractivity contribution in [3.8, 4) is 6.07 Å². The van der Waals surface area contributed by atoms with Crippen molar-refractivity contribution < 1.29 is 14.3 Å². The van der Waals surface area contributed by atoms with Crippen molar-refractivity contribution in [2.24, 2.45) is 16.3 Å². The fraction of sp³-hybridized carbons (Fsp3) is 0.448. The first-order valence-electron chi connectivity index (χ1n) is 12.5. The molecule has 0 aromatic heterocycles. The summed E-state index contributed by atoms with van der Waals surface area (Å²) < 4.78 is 5.28. The molecule has 2 rings (SSSR count). The zero-order chi connectivity index (χ0) is 27.3. The topological polar surface area (TPSA) is 104 Å². The van der Waals surface area contributed by atoms with Crippen LogP contribution in [0.5, 0.6) is 0 Å². The normalized spacial score (nSPS) is 13.4. The fourth-order valence-electron chi connectivity index (χ4n) is 3.33. The van der Waals surface area contributed by atoms with Crippen LogP contribution in [0.2, 0.25) is 0 Å². The van der Waals surface area contributed by atoms with Crippen molar-refractivity contribution in [2.75, 3.05) is 12.4 Å². The third-order valence-electron chi connectivity index (χ3n) is 5.08. The average Bonchev–Trinajstić information content (AvgIpc) is 2.86. The van der Waals surface area contributed by atoms with E-state index in [4.69, 9.17) is 9.73 Å². The van der Waals surface area contributed by atoms with Crippen LogP contribution in [0.1, 0.15) is 52.2 Å². The molecule has 0 aliphatic carbocycles. The molecule has 0 aliphatic heterocycles. The number of nitrogens with one attached hydrogen (secondary N) is 2. The summed E-state index contributed by atoms with van der Waals surface area (Å²) in [7, 11) is 0. The van der Waals surface area contributed by atoms with Crippen molar-refractivity contribution in [3.63, 3.8) is 0 Å². The van der Waals surface area contributed by atoms with E-state index in [0.29, 0.717) is 17.7 Å². The number of carbonyl (C=O) groups is 2. The molecule has 0 saturated carbocycles. The molecule has 0 spiro atoms. The second kappa shape index (κ2) is 15.1. The van der Waals surface area contributed by atoms with E-state index < -0.39 is 18.2 Å². The van der Waals surface area contributed by atoms with Gasteiger partial charge in [-0.05, 0) is 23.3 Å². The molecule has 8 heteroatoms. The molecule has 2 aromatic rings. The van der Waals surface area contributed by atoms with Gasteiger partial charge in [-0.1, -0.05) is 95.3 Å². The lowest BCUT2D eigenvalue weighted by Crippen LogP contribution is -2.44. The molecule has 0 saturated heterocycles. The lowest BCUT2D eigenvalue weighted by atomic mass is 9.88. The van der Waals surface area contributed by atoms with Crippen molar-refractivity contribution in [2.45, 2.75) is 58.9 Å². The third-order valence-corrected chi connectivity index (χ3v) is 6.18. The minimum Gasteiger partial charge on any atom is -0.449 e. The Kier molecular flexibility index (Phi) is 12.2. The van der Waals surface area contributed by atoms with Crippen molar-refractivity contribution in [1.29, 1.82) is 5.26 Å². The van der Waals surface area contributed by atoms with Gasteiger partial charge in [0.15, 0.2) is 0 Å². The van der Waals surface area contributed by atoms with Gasteiger partial charge in [0.05, 0.1) is 12.7 Å². The van der Waals surface area contributed by atoms with Crippen LogP contribution in [0.3, 0.4) is 0 Å². The predicted octanol–water partition coefficient (Wildman–Crippen LogP) is 5.56. The maximum atomic E-state index is 13.4. The van der Waals surface area contributed by atoms with E-state index in [1.807, 2.05) is 95.3 Å². The number of benzene rings is 2. The van der Waals surface area contributed by atoms with Crippen molar-refractivity contribution in [1.82, 2.24) is 10.6 Å². The standard InChI is InChI=1S/C29H38N4O3S/c1-21(2)18-36-28(35)33-26(23-14-10-7-11-15-23)32-25(16-29(3,4)5)27(34)31-24(17-30)20-37-19-22-12-8-6-9-13-22/h6-15,21,24-25H,16,18-20H2,1-5H3,(H,31,34)(H,32,33,35). The molecule has 2 atom stereocenters. The van der Waals surface area contributed by atoms with E-state index >= 15 is 0 Å². The summed E-state index contributed by atoms with van der Waals surface area (Å²) in [6.07, 6.45) is -0.203. The molecule has 7 nitrogen and oxygen atoms in total. The number of amides is 2. The van der Waals surface area contributed by atoms with E-state index in [0.717, 1.165) is 11.3 Å². The van der Waals surface area contributed by atoms with Gasteiger partial charge in [0.2, 0.25) is 5.91 Å². The summed E-state index contributed by atoms with van der Waals surface area (Å²) in [6, 6.07) is 19.9. The van der Waals surface area contributed by atoms with Crippen LogP contribution in [-0.4, -0.2) is 42.3 Å². The average molecular weight is 523 g/mol. The number of hydrogen-bond donors (Lipinski definition) is 2. The van der Waals surface area contributed by atoms with Gasteiger partial charge in [0, 0.05) is 17.1 Å². The highest BCUT2D eigenvalue weighted by atomic mass is 32.2. The highest BCUT2D eigenvalue weighted by Crippen LogP contribution is 2.23. The Labute approximate surface area is 225 Å². The predicted molar refractivity (Wildman–Crippen MR) is 150 cm³/mol. The number of hydrogen-bond acceptors (Lipinski definition) is 6. The first kappa shape index (κ1) is 29.9. The van der Waals surface area contributed by atoms with E-state index in [1.165, 1.54) is 0 Å². The van der Waals surface area contributed by atoms with Gasteiger partial charge >= 0.3 is 6.09 Å². The van der Waals surface area contributed by atoms with Gasteiger partial charge in [0.1, 0.15) is 17.9 Å². The van der Waals surface area contributed by atoms with E-state index in [9.17, 15) is 14.9 Å². The van der Waals surface area contributed by atoms with Crippen LogP contribution in [0.25, 0.3) is 0 Å². The molecule has 2 unspecified atom stereocenters. The monoisotopic (exact) mass is 522 g/mol. The lowest BCUT2D eigenvalue weighted by Gasteiger charge is -2.25. The number of ether oxygens (including phenoxy) is 1. The Morgan fingerprint density at radius 3 is 2.24 bits per heavy atom. The Hall–Kier alpha value is -3.31. The van der Waals surface area contributed by atoms with Gasteiger partial charge in [-0.15, -0.1) is 0 Å². The highest BCUT2D eigenvalue weighted by molar-refractivity contribution is 7.98. The number of amidine groups is 1. The summed E-state index contributed by atoms with van der Waals surface area (Å²) in [5, 5.41) is 15.3. The Bertz CT molecular complexity index is 1060. The summed E-state index contributed by atoms with van der Waals surface area (Å²) >= 11 is 1.59. The minimum atomic E-state index is -0.810. The van der Waals surface area contributed by atoms with Crippen LogP contribution in [-0.2, 0) is 15.3 Å². The maximum Gasteiger partial charge on any atom is 0.412 e. The molecule has 0 aliphatic rings. The Morgan fingerprint density at radius 2 is 1.68 bits per heavy atom. The van der Waals surface area contributed by atoms with Crippen LogP contribution in [0.15, 0.2) is 65.7 Å². The molecule has 0 radical (unpaired) electrons. The van der Waals surface area contributed by atoms with E-state index in [-0.39, 0.29) is 29.7 Å². The van der Waals surface area contributed by atoms with Gasteiger partial charge in [-0.25, -0.2) is 4.79 Å². The number of thioether (sulfide) groups is 1. The molecule has 0 fully saturated rings. The van der Waals surface area contributed by atoms with Gasteiger partial charge in [0.25, 0.3) is 0 Å². The first-order valence-corrected chi connectivity index (χ1v) is 13.6. The number of alkyl carbamates (subject to hydrolysis) is 1. The fourth-order valence-corrected chi connectivity index (χ4v) is 4.27. The number of nitrogens with zero attached hydrogens (tertiary/aromatic N) is 2. The summed E-state index contributed by atoms with van der Waals surface area (Å²) in [5.74, 6) is 1.29. The molecular formula is C29H38N4O3S. The van der Waals surface area contributed by atoms with E-state index in [2.05, 4.69) is 16.7 Å². The summed E-state index contributed by atoms with van der Waals surface area (Å²) in [4.78, 5) is 30.5. The zero-order valence-electron chi connectivity index (χ0n) is 22.4. The van der Waals surface area contributed by atoms with Crippen LogP contribution < -0.4 is 10.6 Å². The molecule has 2 aromatic carbocycles. The van der Waals surface area contributed by atoms with Crippen LogP contribution in [0, 0.1) is 22.7 Å².